The number of carbonyl (C=O) groups is 1. The zero-order valence-corrected chi connectivity index (χ0v) is 14.4. The lowest BCUT2D eigenvalue weighted by Crippen LogP contribution is -2.39. The number of carbonyl (C=O) groups excluding carboxylic acids is 1. The molecule has 6 heteroatoms. The molecule has 3 aromatic rings. The highest BCUT2D eigenvalue weighted by Crippen LogP contribution is 2.29. The molecule has 0 bridgehead atoms. The molecule has 0 unspecified atom stereocenters. The molecule has 130 valence electrons. The Hall–Kier alpha value is -2.63. The number of likely N-dealkylation sites (tertiary alicyclic amines) is 1. The molecule has 0 aromatic carbocycles. The van der Waals surface area contributed by atoms with Gasteiger partial charge in [0.2, 0.25) is 5.91 Å². The summed E-state index contributed by atoms with van der Waals surface area (Å²) in [5, 5.41) is 1.13. The minimum atomic E-state index is 0.132. The lowest BCUT2D eigenvalue weighted by molar-refractivity contribution is -0.133. The maximum Gasteiger partial charge on any atom is 0.224 e. The number of fused-ring (bicyclic) bond motifs is 1. The number of aromatic amines is 1. The van der Waals surface area contributed by atoms with Crippen molar-refractivity contribution in [3.8, 4) is 0 Å². The molecule has 1 amide bonds. The number of H-pyrrole nitrogens is 1. The molecule has 0 radical (unpaired) electrons. The van der Waals surface area contributed by atoms with Crippen LogP contribution in [0.4, 0.5) is 0 Å². The van der Waals surface area contributed by atoms with Gasteiger partial charge in [0.05, 0.1) is 6.33 Å². The highest BCUT2D eigenvalue weighted by Gasteiger charge is 2.26. The van der Waals surface area contributed by atoms with E-state index >= 15 is 0 Å². The number of imidazole rings is 1. The van der Waals surface area contributed by atoms with Crippen molar-refractivity contribution in [1.29, 1.82) is 0 Å². The Morgan fingerprint density at radius 1 is 1.44 bits per heavy atom. The lowest BCUT2D eigenvalue weighted by atomic mass is 9.94. The van der Waals surface area contributed by atoms with Crippen molar-refractivity contribution in [3.05, 3.63) is 48.8 Å². The van der Waals surface area contributed by atoms with Gasteiger partial charge in [-0.25, -0.2) is 9.97 Å². The second kappa shape index (κ2) is 6.70. The fraction of sp³-hybridized carbons (Fsp3) is 0.421. The molecule has 3 aromatic heterocycles. The zero-order valence-electron chi connectivity index (χ0n) is 14.4. The second-order valence-corrected chi connectivity index (χ2v) is 6.91. The summed E-state index contributed by atoms with van der Waals surface area (Å²) in [6.07, 6.45) is 9.89. The standard InChI is InChI=1S/C19H23N5O/c1-14(24-9-7-20-13-24)10-18(25)23-8-3-5-16(12-23)17-11-15-4-2-6-21-19(15)22-17/h2,4,6-7,9,11,13-14,16H,3,5,8,10,12H2,1H3,(H,21,22)/t14-,16+/m1/s1. The van der Waals surface area contributed by atoms with Crippen LogP contribution in [0.25, 0.3) is 11.0 Å². The molecule has 0 saturated carbocycles. The number of hydrogen-bond acceptors (Lipinski definition) is 3. The summed E-state index contributed by atoms with van der Waals surface area (Å²) in [5.74, 6) is 0.579. The molecule has 2 atom stereocenters. The molecule has 4 rings (SSSR count). The average molecular weight is 337 g/mol. The van der Waals surface area contributed by atoms with Crippen LogP contribution in [-0.4, -0.2) is 43.4 Å². The first-order valence-electron chi connectivity index (χ1n) is 8.89. The number of aromatic nitrogens is 4. The molecule has 4 heterocycles. The van der Waals surface area contributed by atoms with Crippen molar-refractivity contribution in [1.82, 2.24) is 24.4 Å². The van der Waals surface area contributed by atoms with Gasteiger partial charge < -0.3 is 14.5 Å². The van der Waals surface area contributed by atoms with Gasteiger partial charge in [-0.15, -0.1) is 0 Å². The molecule has 1 saturated heterocycles. The minimum Gasteiger partial charge on any atom is -0.343 e. The van der Waals surface area contributed by atoms with Crippen LogP contribution in [0.2, 0.25) is 0 Å². The molecular weight excluding hydrogens is 314 g/mol. The van der Waals surface area contributed by atoms with Crippen molar-refractivity contribution < 1.29 is 4.79 Å². The van der Waals surface area contributed by atoms with Crippen LogP contribution < -0.4 is 0 Å². The Morgan fingerprint density at radius 3 is 3.16 bits per heavy atom. The fourth-order valence-electron chi connectivity index (χ4n) is 3.67. The van der Waals surface area contributed by atoms with Crippen LogP contribution in [0.15, 0.2) is 43.1 Å². The predicted octanol–water partition coefficient (Wildman–Crippen LogP) is 3.12. The average Bonchev–Trinajstić information content (AvgIpc) is 3.31. The molecule has 1 aliphatic heterocycles. The first-order valence-corrected chi connectivity index (χ1v) is 8.89. The summed E-state index contributed by atoms with van der Waals surface area (Å²) in [6.45, 7) is 3.69. The number of pyridine rings is 1. The Bertz CT molecular complexity index is 821. The summed E-state index contributed by atoms with van der Waals surface area (Å²) < 4.78 is 1.99. The topological polar surface area (TPSA) is 66.8 Å². The highest BCUT2D eigenvalue weighted by atomic mass is 16.2. The van der Waals surface area contributed by atoms with Gasteiger partial charge >= 0.3 is 0 Å². The van der Waals surface area contributed by atoms with Gasteiger partial charge in [0.15, 0.2) is 0 Å². The molecule has 1 N–H and O–H groups in total. The fourth-order valence-corrected chi connectivity index (χ4v) is 3.67. The molecule has 1 aliphatic rings. The van der Waals surface area contributed by atoms with E-state index in [9.17, 15) is 4.79 Å². The molecule has 25 heavy (non-hydrogen) atoms. The minimum absolute atomic E-state index is 0.132. The van der Waals surface area contributed by atoms with E-state index in [0.29, 0.717) is 12.3 Å². The van der Waals surface area contributed by atoms with Crippen molar-refractivity contribution in [2.75, 3.05) is 13.1 Å². The maximum absolute atomic E-state index is 12.7. The van der Waals surface area contributed by atoms with Gasteiger partial charge in [-0.3, -0.25) is 4.79 Å². The van der Waals surface area contributed by atoms with Crippen LogP contribution in [0, 0.1) is 0 Å². The van der Waals surface area contributed by atoms with E-state index in [1.54, 1.807) is 18.7 Å². The zero-order chi connectivity index (χ0) is 17.2. The monoisotopic (exact) mass is 337 g/mol. The largest absolute Gasteiger partial charge is 0.343 e. The smallest absolute Gasteiger partial charge is 0.224 e. The number of nitrogens with one attached hydrogen (secondary N) is 1. The van der Waals surface area contributed by atoms with Gasteiger partial charge in [-0.1, -0.05) is 0 Å². The van der Waals surface area contributed by atoms with E-state index in [4.69, 9.17) is 0 Å². The van der Waals surface area contributed by atoms with Crippen LogP contribution in [0.5, 0.6) is 0 Å². The van der Waals surface area contributed by atoms with E-state index in [0.717, 1.165) is 37.0 Å². The molecule has 0 aliphatic carbocycles. The number of hydrogen-bond donors (Lipinski definition) is 1. The van der Waals surface area contributed by atoms with E-state index < -0.39 is 0 Å². The number of amides is 1. The van der Waals surface area contributed by atoms with Crippen LogP contribution in [-0.2, 0) is 4.79 Å². The van der Waals surface area contributed by atoms with Crippen molar-refractivity contribution in [3.63, 3.8) is 0 Å². The van der Waals surface area contributed by atoms with E-state index in [1.165, 1.54) is 5.69 Å². The summed E-state index contributed by atoms with van der Waals surface area (Å²) in [7, 11) is 0. The predicted molar refractivity (Wildman–Crippen MR) is 96.2 cm³/mol. The Kier molecular flexibility index (Phi) is 4.26. The third-order valence-corrected chi connectivity index (χ3v) is 5.13. The van der Waals surface area contributed by atoms with Gasteiger partial charge in [-0.2, -0.15) is 0 Å². The van der Waals surface area contributed by atoms with Crippen LogP contribution >= 0.6 is 0 Å². The summed E-state index contributed by atoms with van der Waals surface area (Å²) in [4.78, 5) is 26.6. The number of piperidine rings is 1. The van der Waals surface area contributed by atoms with Crippen LogP contribution in [0.3, 0.4) is 0 Å². The van der Waals surface area contributed by atoms with Gasteiger partial charge in [-0.05, 0) is 38.0 Å². The Morgan fingerprint density at radius 2 is 2.36 bits per heavy atom. The highest BCUT2D eigenvalue weighted by molar-refractivity contribution is 5.78. The maximum atomic E-state index is 12.7. The van der Waals surface area contributed by atoms with Crippen molar-refractivity contribution in [2.24, 2.45) is 0 Å². The third kappa shape index (κ3) is 3.29. The van der Waals surface area contributed by atoms with Gasteiger partial charge in [0, 0.05) is 61.1 Å². The first kappa shape index (κ1) is 15.9. The SMILES string of the molecule is C[C@H](CC(=O)N1CCC[C@H](c2cc3cccnc3[nH]2)C1)n1ccnc1. The normalized spacial score (nSPS) is 19.2. The van der Waals surface area contributed by atoms with Gasteiger partial charge in [0.1, 0.15) is 5.65 Å². The van der Waals surface area contributed by atoms with E-state index in [1.807, 2.05) is 21.7 Å². The second-order valence-electron chi connectivity index (χ2n) is 6.91. The summed E-state index contributed by atoms with van der Waals surface area (Å²) in [6, 6.07) is 6.33. The number of rotatable bonds is 4. The van der Waals surface area contributed by atoms with Crippen molar-refractivity contribution >= 4 is 16.9 Å². The number of nitrogens with zero attached hydrogens (tertiary/aromatic N) is 4. The molecule has 1 fully saturated rings. The molecular formula is C19H23N5O. The third-order valence-electron chi connectivity index (χ3n) is 5.13. The first-order chi connectivity index (χ1) is 12.2. The lowest BCUT2D eigenvalue weighted by Gasteiger charge is -2.33. The Labute approximate surface area is 146 Å². The summed E-state index contributed by atoms with van der Waals surface area (Å²) >= 11 is 0. The Balaban J connectivity index is 1.44. The summed E-state index contributed by atoms with van der Waals surface area (Å²) in [5.41, 5.74) is 2.11. The molecule has 6 nitrogen and oxygen atoms in total. The van der Waals surface area contributed by atoms with Crippen LogP contribution in [0.1, 0.15) is 43.8 Å². The van der Waals surface area contributed by atoms with Gasteiger partial charge in [0.25, 0.3) is 0 Å². The quantitative estimate of drug-likeness (QED) is 0.795. The van der Waals surface area contributed by atoms with E-state index in [2.05, 4.69) is 34.0 Å². The molecule has 0 spiro atoms. The van der Waals surface area contributed by atoms with E-state index in [-0.39, 0.29) is 11.9 Å². The van der Waals surface area contributed by atoms with Crippen molar-refractivity contribution in [2.45, 2.75) is 38.1 Å².